The Morgan fingerprint density at radius 3 is 2.82 bits per heavy atom. The highest BCUT2D eigenvalue weighted by Gasteiger charge is 2.23. The maximum atomic E-state index is 11.7. The number of nitrogens with zero attached hydrogens (tertiary/aromatic N) is 2. The maximum Gasteiger partial charge on any atom is 0.269 e. The molecule has 17 heavy (non-hydrogen) atoms. The third kappa shape index (κ3) is 1.61. The van der Waals surface area contributed by atoms with Crippen LogP contribution < -0.4 is 5.32 Å². The Morgan fingerprint density at radius 2 is 2.12 bits per heavy atom. The SMILES string of the molecule is O=C1NCCn2cc(-c3ccncc3)c(Cl)c21. The molecule has 0 unspecified atom stereocenters. The van der Waals surface area contributed by atoms with Gasteiger partial charge >= 0.3 is 0 Å². The molecule has 2 aromatic rings. The van der Waals surface area contributed by atoms with Gasteiger partial charge in [-0.15, -0.1) is 0 Å². The highest BCUT2D eigenvalue weighted by molar-refractivity contribution is 6.36. The molecule has 0 fully saturated rings. The van der Waals surface area contributed by atoms with Crippen molar-refractivity contribution in [1.29, 1.82) is 0 Å². The predicted molar refractivity (Wildman–Crippen MR) is 65.0 cm³/mol. The van der Waals surface area contributed by atoms with E-state index in [2.05, 4.69) is 10.3 Å². The molecule has 5 heteroatoms. The molecule has 0 saturated heterocycles. The smallest absolute Gasteiger partial charge is 0.269 e. The third-order valence-electron chi connectivity index (χ3n) is 2.86. The van der Waals surface area contributed by atoms with Crippen LogP contribution in [0.5, 0.6) is 0 Å². The molecule has 0 atom stereocenters. The zero-order valence-corrected chi connectivity index (χ0v) is 9.74. The first-order valence-corrected chi connectivity index (χ1v) is 5.72. The Kier molecular flexibility index (Phi) is 2.37. The maximum absolute atomic E-state index is 11.7. The average molecular weight is 248 g/mol. The largest absolute Gasteiger partial charge is 0.349 e. The Balaban J connectivity index is 2.17. The molecule has 0 spiro atoms. The highest BCUT2D eigenvalue weighted by atomic mass is 35.5. The van der Waals surface area contributed by atoms with Gasteiger partial charge in [-0.1, -0.05) is 11.6 Å². The van der Waals surface area contributed by atoms with Gasteiger partial charge in [-0.2, -0.15) is 0 Å². The molecule has 1 aliphatic rings. The molecular weight excluding hydrogens is 238 g/mol. The second-order valence-corrected chi connectivity index (χ2v) is 4.27. The van der Waals surface area contributed by atoms with Gasteiger partial charge < -0.3 is 9.88 Å². The molecule has 0 radical (unpaired) electrons. The van der Waals surface area contributed by atoms with Crippen molar-refractivity contribution in [2.45, 2.75) is 6.54 Å². The van der Waals surface area contributed by atoms with Crippen molar-refractivity contribution < 1.29 is 4.79 Å². The summed E-state index contributed by atoms with van der Waals surface area (Å²) in [4.78, 5) is 15.7. The zero-order chi connectivity index (χ0) is 11.8. The standard InChI is InChI=1S/C12H10ClN3O/c13-10-9(8-1-3-14-4-2-8)7-16-6-5-15-12(17)11(10)16/h1-4,7H,5-6H2,(H,15,17). The molecule has 0 bridgehead atoms. The number of aromatic nitrogens is 2. The Bertz CT molecular complexity index is 577. The van der Waals surface area contributed by atoms with E-state index in [0.29, 0.717) is 17.3 Å². The van der Waals surface area contributed by atoms with Crippen molar-refractivity contribution in [2.75, 3.05) is 6.54 Å². The van der Waals surface area contributed by atoms with Crippen LogP contribution in [0.2, 0.25) is 5.02 Å². The first kappa shape index (κ1) is 10.4. The van der Waals surface area contributed by atoms with E-state index in [0.717, 1.165) is 17.7 Å². The summed E-state index contributed by atoms with van der Waals surface area (Å²) in [6, 6.07) is 3.76. The van der Waals surface area contributed by atoms with Crippen molar-refractivity contribution in [2.24, 2.45) is 0 Å². The summed E-state index contributed by atoms with van der Waals surface area (Å²) >= 11 is 6.27. The van der Waals surface area contributed by atoms with Crippen LogP contribution in [0.1, 0.15) is 10.5 Å². The van der Waals surface area contributed by atoms with Gasteiger partial charge in [0.05, 0.1) is 5.02 Å². The fourth-order valence-corrected chi connectivity index (χ4v) is 2.40. The van der Waals surface area contributed by atoms with Crippen molar-refractivity contribution >= 4 is 17.5 Å². The number of carbonyl (C=O) groups is 1. The topological polar surface area (TPSA) is 46.9 Å². The molecule has 1 aliphatic heterocycles. The number of amides is 1. The average Bonchev–Trinajstić information content (AvgIpc) is 2.69. The van der Waals surface area contributed by atoms with E-state index >= 15 is 0 Å². The number of carbonyl (C=O) groups excluding carboxylic acids is 1. The van der Waals surface area contributed by atoms with E-state index in [1.165, 1.54) is 0 Å². The highest BCUT2D eigenvalue weighted by Crippen LogP contribution is 2.33. The summed E-state index contributed by atoms with van der Waals surface area (Å²) in [6.07, 6.45) is 5.34. The first-order valence-electron chi connectivity index (χ1n) is 5.34. The van der Waals surface area contributed by atoms with Gasteiger partial charge in [-0.05, 0) is 17.7 Å². The molecule has 0 saturated carbocycles. The van der Waals surface area contributed by atoms with Gasteiger partial charge in [0.15, 0.2) is 0 Å². The molecule has 2 aromatic heterocycles. The van der Waals surface area contributed by atoms with Crippen molar-refractivity contribution in [1.82, 2.24) is 14.9 Å². The van der Waals surface area contributed by atoms with E-state index in [1.807, 2.05) is 22.9 Å². The lowest BCUT2D eigenvalue weighted by Crippen LogP contribution is -2.34. The van der Waals surface area contributed by atoms with Gasteiger partial charge in [0.1, 0.15) is 5.69 Å². The third-order valence-corrected chi connectivity index (χ3v) is 3.24. The number of rotatable bonds is 1. The lowest BCUT2D eigenvalue weighted by atomic mass is 10.1. The second-order valence-electron chi connectivity index (χ2n) is 3.89. The number of nitrogens with one attached hydrogen (secondary N) is 1. The van der Waals surface area contributed by atoms with Crippen molar-refractivity contribution in [3.8, 4) is 11.1 Å². The quantitative estimate of drug-likeness (QED) is 0.837. The summed E-state index contributed by atoms with van der Waals surface area (Å²) in [5, 5.41) is 3.30. The summed E-state index contributed by atoms with van der Waals surface area (Å²) in [5.74, 6) is -0.110. The number of hydrogen-bond acceptors (Lipinski definition) is 2. The Hall–Kier alpha value is -1.81. The minimum absolute atomic E-state index is 0.110. The second kappa shape index (κ2) is 3.89. The minimum Gasteiger partial charge on any atom is -0.349 e. The van der Waals surface area contributed by atoms with Gasteiger partial charge in [0, 0.05) is 37.2 Å². The van der Waals surface area contributed by atoms with E-state index in [4.69, 9.17) is 11.6 Å². The lowest BCUT2D eigenvalue weighted by Gasteiger charge is -2.15. The number of pyridine rings is 1. The molecule has 1 N–H and O–H groups in total. The first-order chi connectivity index (χ1) is 8.27. The van der Waals surface area contributed by atoms with Crippen LogP contribution >= 0.6 is 11.6 Å². The molecule has 86 valence electrons. The number of halogens is 1. The summed E-state index contributed by atoms with van der Waals surface area (Å²) < 4.78 is 1.90. The van der Waals surface area contributed by atoms with E-state index in [-0.39, 0.29) is 5.91 Å². The zero-order valence-electron chi connectivity index (χ0n) is 8.98. The van der Waals surface area contributed by atoms with Crippen LogP contribution in [0.3, 0.4) is 0 Å². The monoisotopic (exact) mass is 247 g/mol. The van der Waals surface area contributed by atoms with Crippen LogP contribution in [0.4, 0.5) is 0 Å². The molecule has 0 aromatic carbocycles. The Morgan fingerprint density at radius 1 is 1.35 bits per heavy atom. The summed E-state index contributed by atoms with van der Waals surface area (Å²) in [6.45, 7) is 1.40. The van der Waals surface area contributed by atoms with E-state index in [9.17, 15) is 4.79 Å². The number of hydrogen-bond donors (Lipinski definition) is 1. The normalized spacial score (nSPS) is 14.3. The molecule has 4 nitrogen and oxygen atoms in total. The predicted octanol–water partition coefficient (Wildman–Crippen LogP) is 1.95. The van der Waals surface area contributed by atoms with Gasteiger partial charge in [-0.3, -0.25) is 9.78 Å². The van der Waals surface area contributed by atoms with E-state index in [1.54, 1.807) is 12.4 Å². The van der Waals surface area contributed by atoms with Gasteiger partial charge in [0.2, 0.25) is 0 Å². The van der Waals surface area contributed by atoms with Crippen LogP contribution in [-0.2, 0) is 6.54 Å². The van der Waals surface area contributed by atoms with Crippen LogP contribution in [0.15, 0.2) is 30.7 Å². The number of fused-ring (bicyclic) bond motifs is 1. The molecule has 0 aliphatic carbocycles. The van der Waals surface area contributed by atoms with Gasteiger partial charge in [0.25, 0.3) is 5.91 Å². The minimum atomic E-state index is -0.110. The van der Waals surface area contributed by atoms with Crippen LogP contribution in [0, 0.1) is 0 Å². The lowest BCUT2D eigenvalue weighted by molar-refractivity contribution is 0.0928. The molecule has 3 rings (SSSR count). The van der Waals surface area contributed by atoms with E-state index < -0.39 is 0 Å². The van der Waals surface area contributed by atoms with Crippen LogP contribution in [-0.4, -0.2) is 22.0 Å². The fraction of sp³-hybridized carbons (Fsp3) is 0.167. The van der Waals surface area contributed by atoms with Gasteiger partial charge in [-0.25, -0.2) is 0 Å². The Labute approximate surface area is 103 Å². The molecule has 1 amide bonds. The van der Waals surface area contributed by atoms with Crippen molar-refractivity contribution in [3.63, 3.8) is 0 Å². The summed E-state index contributed by atoms with van der Waals surface area (Å²) in [5.41, 5.74) is 2.39. The molecule has 3 heterocycles. The fourth-order valence-electron chi connectivity index (χ4n) is 2.04. The van der Waals surface area contributed by atoms with Crippen LogP contribution in [0.25, 0.3) is 11.1 Å². The molecular formula is C12H10ClN3O. The van der Waals surface area contributed by atoms with Crippen molar-refractivity contribution in [3.05, 3.63) is 41.4 Å². The summed E-state index contributed by atoms with van der Waals surface area (Å²) in [7, 11) is 0.